The maximum absolute atomic E-state index is 12.8. The number of aryl methyl sites for hydroxylation is 2. The minimum Gasteiger partial charge on any atom is -0.392 e. The van der Waals surface area contributed by atoms with Gasteiger partial charge < -0.3 is 29.5 Å². The number of aromatic nitrogens is 8. The van der Waals surface area contributed by atoms with Gasteiger partial charge >= 0.3 is 12.4 Å². The molecular weight excluding hydrogens is 794 g/mol. The third kappa shape index (κ3) is 11.0. The van der Waals surface area contributed by atoms with Gasteiger partial charge in [0.25, 0.3) is 11.8 Å². The molecule has 3 N–H and O–H groups in total. The summed E-state index contributed by atoms with van der Waals surface area (Å²) in [5.41, 5.74) is -0.204. The summed E-state index contributed by atoms with van der Waals surface area (Å²) in [6.07, 6.45) is -9.29. The Morgan fingerprint density at radius 3 is 1.64 bits per heavy atom. The first-order valence-corrected chi connectivity index (χ1v) is 16.7. The fourth-order valence-electron chi connectivity index (χ4n) is 5.15. The fourth-order valence-corrected chi connectivity index (χ4v) is 5.15. The van der Waals surface area contributed by atoms with Crippen LogP contribution >= 0.6 is 0 Å². The van der Waals surface area contributed by atoms with E-state index in [1.807, 2.05) is 0 Å². The Balaban J connectivity index is 0.000000305. The molecule has 6 rings (SSSR count). The molecule has 59 heavy (non-hydrogen) atoms. The highest BCUT2D eigenvalue weighted by Crippen LogP contribution is 2.31. The van der Waals surface area contributed by atoms with Gasteiger partial charge in [0.05, 0.1) is 13.2 Å². The molecule has 22 heteroatoms. The molecule has 0 aliphatic rings. The minimum atomic E-state index is -4.65. The van der Waals surface area contributed by atoms with Crippen molar-refractivity contribution in [3.05, 3.63) is 106 Å². The van der Waals surface area contributed by atoms with Gasteiger partial charge in [-0.05, 0) is 37.1 Å². The Labute approximate surface area is 333 Å². The molecule has 6 aromatic rings. The fraction of sp³-hybridized carbons (Fsp3) is 0.351. The topological polar surface area (TPSA) is 203 Å². The first-order chi connectivity index (χ1) is 26.8. The van der Waals surface area contributed by atoms with Gasteiger partial charge in [0.15, 0.2) is 11.4 Å². The lowest BCUT2D eigenvalue weighted by atomic mass is 10.1. The van der Waals surface area contributed by atoms with Gasteiger partial charge in [-0.3, -0.25) is 19.0 Å². The number of hydrogen-bond donors (Lipinski definition) is 3. The van der Waals surface area contributed by atoms with Crippen molar-refractivity contribution in [2.75, 3.05) is 7.05 Å². The van der Waals surface area contributed by atoms with E-state index in [1.165, 1.54) is 26.0 Å². The third-order valence-corrected chi connectivity index (χ3v) is 8.39. The van der Waals surface area contributed by atoms with E-state index in [-0.39, 0.29) is 62.9 Å². The van der Waals surface area contributed by atoms with E-state index < -0.39 is 47.6 Å². The molecule has 0 saturated carbocycles. The summed E-state index contributed by atoms with van der Waals surface area (Å²) in [6, 6.07) is 13.7. The number of rotatable bonds is 10. The van der Waals surface area contributed by atoms with Gasteiger partial charge in [-0.1, -0.05) is 61.6 Å². The largest absolute Gasteiger partial charge is 0.435 e. The molecule has 0 bridgehead atoms. The molecule has 16 nitrogen and oxygen atoms in total. The maximum atomic E-state index is 12.8. The SMILES string of the molecule is C.C.CC(NC(=O)c1cc(C(F)(F)F)nn1C)c1nc(-c2cccc(CO)c2)no1.CC(c1nc(-c2cccc(CO)c2)no1)N(C)C(=O)c1cc(C(F)(F)F)nn1C. The Kier molecular flexibility index (Phi) is 15.0. The molecule has 0 radical (unpaired) electrons. The highest BCUT2D eigenvalue weighted by Gasteiger charge is 2.37. The van der Waals surface area contributed by atoms with Crippen LogP contribution in [0.5, 0.6) is 0 Å². The van der Waals surface area contributed by atoms with Gasteiger partial charge in [0, 0.05) is 44.4 Å². The number of carbonyl (C=O) groups is 2. The molecule has 2 aromatic carbocycles. The van der Waals surface area contributed by atoms with E-state index in [2.05, 4.69) is 35.8 Å². The molecule has 318 valence electrons. The molecule has 0 aliphatic heterocycles. The van der Waals surface area contributed by atoms with Crippen LogP contribution in [0.4, 0.5) is 26.3 Å². The van der Waals surface area contributed by atoms with Gasteiger partial charge in [-0.2, -0.15) is 46.5 Å². The summed E-state index contributed by atoms with van der Waals surface area (Å²) in [4.78, 5) is 34.6. The second kappa shape index (κ2) is 18.9. The molecule has 0 fully saturated rings. The molecule has 2 unspecified atom stereocenters. The first kappa shape index (κ1) is 47.0. The Morgan fingerprint density at radius 2 is 1.19 bits per heavy atom. The molecular formula is C37H42F6N10O6. The standard InChI is InChI=1S/C18H18F3N5O3.C17H16F3N5O3.2CH4/c1-10(16-22-15(24-29-16)12-6-4-5-11(7-12)9-27)25(2)17(28)13-8-14(18(19,20)21)23-26(13)3;1-9(21-15(27)12-7-13(17(18,19)20)23-25(12)2)16-22-14(24-28-16)11-5-3-4-10(6-11)8-26;;/h4-8,10,27H,9H2,1-3H3;3-7,9,26H,8H2,1-2H3,(H,21,27);2*1H4. The number of halogens is 6. The van der Waals surface area contributed by atoms with E-state index in [4.69, 9.17) is 9.05 Å². The van der Waals surface area contributed by atoms with Gasteiger partial charge in [0.2, 0.25) is 23.4 Å². The van der Waals surface area contributed by atoms with Gasteiger partial charge in [-0.15, -0.1) is 0 Å². The van der Waals surface area contributed by atoms with Crippen molar-refractivity contribution in [3.8, 4) is 22.8 Å². The summed E-state index contributed by atoms with van der Waals surface area (Å²) in [7, 11) is 3.93. The summed E-state index contributed by atoms with van der Waals surface area (Å²) >= 11 is 0. The zero-order chi connectivity index (χ0) is 41.8. The van der Waals surface area contributed by atoms with Crippen LogP contribution in [0, 0.1) is 0 Å². The van der Waals surface area contributed by atoms with Crippen molar-refractivity contribution >= 4 is 11.8 Å². The van der Waals surface area contributed by atoms with Crippen molar-refractivity contribution in [1.29, 1.82) is 0 Å². The van der Waals surface area contributed by atoms with Crippen molar-refractivity contribution < 1.29 is 55.2 Å². The monoisotopic (exact) mass is 836 g/mol. The number of nitrogens with zero attached hydrogens (tertiary/aromatic N) is 9. The van der Waals surface area contributed by atoms with Crippen LogP contribution in [0.25, 0.3) is 22.8 Å². The number of alkyl halides is 6. The summed E-state index contributed by atoms with van der Waals surface area (Å²) in [5, 5.41) is 35.3. The Bertz CT molecular complexity index is 2350. The van der Waals surface area contributed by atoms with Gasteiger partial charge in [0.1, 0.15) is 23.5 Å². The lowest BCUT2D eigenvalue weighted by Crippen LogP contribution is -2.31. The summed E-state index contributed by atoms with van der Waals surface area (Å²) < 4.78 is 88.8. The van der Waals surface area contributed by atoms with E-state index >= 15 is 0 Å². The van der Waals surface area contributed by atoms with Crippen LogP contribution in [0.15, 0.2) is 69.7 Å². The second-order valence-electron chi connectivity index (χ2n) is 12.5. The molecule has 2 atom stereocenters. The average molecular weight is 837 g/mol. The highest BCUT2D eigenvalue weighted by atomic mass is 19.4. The molecule has 0 aliphatic carbocycles. The number of hydrogen-bond acceptors (Lipinski definition) is 12. The van der Waals surface area contributed by atoms with Crippen LogP contribution in [-0.2, 0) is 39.7 Å². The zero-order valence-corrected chi connectivity index (χ0v) is 30.7. The van der Waals surface area contributed by atoms with Crippen molar-refractivity contribution in [2.45, 2.75) is 66.4 Å². The Morgan fingerprint density at radius 1 is 0.746 bits per heavy atom. The van der Waals surface area contributed by atoms with Crippen LogP contribution in [0.2, 0.25) is 0 Å². The predicted molar refractivity (Wildman–Crippen MR) is 198 cm³/mol. The number of aliphatic hydroxyl groups is 2. The lowest BCUT2D eigenvalue weighted by Gasteiger charge is -2.21. The van der Waals surface area contributed by atoms with Crippen LogP contribution in [0.1, 0.15) is 96.1 Å². The normalized spacial score (nSPS) is 12.4. The lowest BCUT2D eigenvalue weighted by molar-refractivity contribution is -0.142. The smallest absolute Gasteiger partial charge is 0.392 e. The van der Waals surface area contributed by atoms with Crippen molar-refractivity contribution in [3.63, 3.8) is 0 Å². The second-order valence-corrected chi connectivity index (χ2v) is 12.5. The molecule has 0 saturated heterocycles. The van der Waals surface area contributed by atoms with E-state index in [9.17, 15) is 46.1 Å². The zero-order valence-electron chi connectivity index (χ0n) is 30.7. The molecule has 4 heterocycles. The van der Waals surface area contributed by atoms with Crippen LogP contribution < -0.4 is 5.32 Å². The van der Waals surface area contributed by atoms with Gasteiger partial charge in [-0.25, -0.2) is 0 Å². The number of carbonyl (C=O) groups excluding carboxylic acids is 2. The summed E-state index contributed by atoms with van der Waals surface area (Å²) in [5.74, 6) is -0.723. The van der Waals surface area contributed by atoms with E-state index in [0.29, 0.717) is 34.4 Å². The predicted octanol–water partition coefficient (Wildman–Crippen LogP) is 6.56. The van der Waals surface area contributed by atoms with Crippen LogP contribution in [-0.4, -0.2) is 73.8 Å². The Hall–Kier alpha value is -6.42. The number of amides is 2. The third-order valence-electron chi connectivity index (χ3n) is 8.39. The van der Waals surface area contributed by atoms with Crippen molar-refractivity contribution in [1.82, 2.24) is 50.1 Å². The summed E-state index contributed by atoms with van der Waals surface area (Å²) in [6.45, 7) is 2.88. The number of benzene rings is 2. The number of aliphatic hydroxyl groups excluding tert-OH is 2. The minimum absolute atomic E-state index is 0. The maximum Gasteiger partial charge on any atom is 0.435 e. The quantitative estimate of drug-likeness (QED) is 0.126. The number of nitrogens with one attached hydrogen (secondary N) is 1. The van der Waals surface area contributed by atoms with E-state index in [1.54, 1.807) is 62.4 Å². The van der Waals surface area contributed by atoms with Crippen LogP contribution in [0.3, 0.4) is 0 Å². The van der Waals surface area contributed by atoms with E-state index in [0.717, 1.165) is 9.36 Å². The molecule has 2 amide bonds. The highest BCUT2D eigenvalue weighted by molar-refractivity contribution is 5.93. The molecule has 4 aromatic heterocycles. The molecule has 0 spiro atoms. The first-order valence-electron chi connectivity index (χ1n) is 16.7. The average Bonchev–Trinajstić information content (AvgIpc) is 4.00. The van der Waals surface area contributed by atoms with Crippen molar-refractivity contribution in [2.24, 2.45) is 14.1 Å².